The van der Waals surface area contributed by atoms with Crippen molar-refractivity contribution < 1.29 is 0 Å². The fourth-order valence-corrected chi connectivity index (χ4v) is 2.43. The summed E-state index contributed by atoms with van der Waals surface area (Å²) in [5, 5.41) is 4.42. The van der Waals surface area contributed by atoms with E-state index in [2.05, 4.69) is 10.1 Å². The Morgan fingerprint density at radius 2 is 2.26 bits per heavy atom. The van der Waals surface area contributed by atoms with E-state index in [4.69, 9.17) is 11.6 Å². The van der Waals surface area contributed by atoms with Crippen molar-refractivity contribution in [2.75, 3.05) is 0 Å². The van der Waals surface area contributed by atoms with Crippen LogP contribution in [0.2, 0.25) is 5.15 Å². The number of hydrogen-bond donors (Lipinski definition) is 0. The third-order valence-corrected chi connectivity index (χ3v) is 3.66. The zero-order valence-electron chi connectivity index (χ0n) is 10.7. The van der Waals surface area contributed by atoms with Gasteiger partial charge < -0.3 is 0 Å². The van der Waals surface area contributed by atoms with Crippen molar-refractivity contribution in [1.82, 2.24) is 19.3 Å². The van der Waals surface area contributed by atoms with Crippen molar-refractivity contribution in [2.24, 2.45) is 7.05 Å². The lowest BCUT2D eigenvalue weighted by Gasteiger charge is -2.11. The van der Waals surface area contributed by atoms with Crippen LogP contribution < -0.4 is 5.56 Å². The maximum Gasteiger partial charge on any atom is 0.255 e. The highest BCUT2D eigenvalue weighted by Crippen LogP contribution is 2.38. The van der Waals surface area contributed by atoms with Crippen molar-refractivity contribution in [3.05, 3.63) is 45.4 Å². The Morgan fingerprint density at radius 3 is 2.89 bits per heavy atom. The molecule has 0 unspecified atom stereocenters. The monoisotopic (exact) mass is 278 g/mol. The summed E-state index contributed by atoms with van der Waals surface area (Å²) >= 11 is 5.88. The summed E-state index contributed by atoms with van der Waals surface area (Å²) in [6, 6.07) is 3.35. The van der Waals surface area contributed by atoms with Crippen molar-refractivity contribution in [3.63, 3.8) is 0 Å². The predicted octanol–water partition coefficient (Wildman–Crippen LogP) is 1.75. The summed E-state index contributed by atoms with van der Waals surface area (Å²) in [5.41, 5.74) is 1.03. The van der Waals surface area contributed by atoms with Crippen molar-refractivity contribution >= 4 is 11.6 Å². The molecule has 3 rings (SSSR count). The van der Waals surface area contributed by atoms with Gasteiger partial charge in [-0.2, -0.15) is 5.10 Å². The molecular formula is C13H15ClN4O. The highest BCUT2D eigenvalue weighted by molar-refractivity contribution is 6.29. The molecule has 0 bridgehead atoms. The first-order valence-electron chi connectivity index (χ1n) is 6.39. The van der Waals surface area contributed by atoms with Crippen LogP contribution in [0, 0.1) is 0 Å². The molecule has 2 heterocycles. The molecule has 0 aromatic carbocycles. The van der Waals surface area contributed by atoms with Crippen LogP contribution in [0.15, 0.2) is 23.1 Å². The van der Waals surface area contributed by atoms with E-state index in [1.807, 2.05) is 17.8 Å². The molecule has 0 saturated heterocycles. The SMILES string of the molecule is Cn1nccc1CCn1c(C2CC2)nc(Cl)cc1=O. The van der Waals surface area contributed by atoms with Gasteiger partial charge in [-0.15, -0.1) is 0 Å². The molecule has 0 aliphatic heterocycles. The Morgan fingerprint density at radius 1 is 1.47 bits per heavy atom. The number of rotatable bonds is 4. The third kappa shape index (κ3) is 2.56. The van der Waals surface area contributed by atoms with Crippen LogP contribution in [0.25, 0.3) is 0 Å². The summed E-state index contributed by atoms with van der Waals surface area (Å²) in [4.78, 5) is 16.4. The molecule has 2 aromatic rings. The molecule has 0 N–H and O–H groups in total. The van der Waals surface area contributed by atoms with Gasteiger partial charge in [-0.3, -0.25) is 14.0 Å². The normalized spacial score (nSPS) is 14.8. The number of aromatic nitrogens is 4. The Kier molecular flexibility index (Phi) is 3.14. The first kappa shape index (κ1) is 12.4. The van der Waals surface area contributed by atoms with Crippen LogP contribution in [0.1, 0.15) is 30.3 Å². The number of hydrogen-bond acceptors (Lipinski definition) is 3. The van der Waals surface area contributed by atoms with Gasteiger partial charge in [0.05, 0.1) is 0 Å². The van der Waals surface area contributed by atoms with Gasteiger partial charge in [0.2, 0.25) is 0 Å². The van der Waals surface area contributed by atoms with Gasteiger partial charge in [-0.05, 0) is 18.9 Å². The Balaban J connectivity index is 1.88. The van der Waals surface area contributed by atoms with Gasteiger partial charge in [0.25, 0.3) is 5.56 Å². The molecular weight excluding hydrogens is 264 g/mol. The molecule has 1 saturated carbocycles. The summed E-state index contributed by atoms with van der Waals surface area (Å²) in [6.45, 7) is 0.619. The molecule has 19 heavy (non-hydrogen) atoms. The smallest absolute Gasteiger partial charge is 0.255 e. The molecule has 0 radical (unpaired) electrons. The largest absolute Gasteiger partial charge is 0.296 e. The minimum Gasteiger partial charge on any atom is -0.296 e. The van der Waals surface area contributed by atoms with Gasteiger partial charge in [-0.1, -0.05) is 11.6 Å². The van der Waals surface area contributed by atoms with Crippen LogP contribution >= 0.6 is 11.6 Å². The zero-order valence-corrected chi connectivity index (χ0v) is 11.5. The number of nitrogens with zero attached hydrogens (tertiary/aromatic N) is 4. The molecule has 0 spiro atoms. The fraction of sp³-hybridized carbons (Fsp3) is 0.462. The average Bonchev–Trinajstić information content (AvgIpc) is 3.12. The van der Waals surface area contributed by atoms with E-state index >= 15 is 0 Å². The molecule has 100 valence electrons. The second-order valence-electron chi connectivity index (χ2n) is 4.90. The molecule has 6 heteroatoms. The molecule has 1 aliphatic rings. The lowest BCUT2D eigenvalue weighted by Crippen LogP contribution is -2.25. The minimum absolute atomic E-state index is 0.0657. The van der Waals surface area contributed by atoms with Gasteiger partial charge in [-0.25, -0.2) is 4.98 Å². The quantitative estimate of drug-likeness (QED) is 0.801. The Labute approximate surface area is 115 Å². The maximum atomic E-state index is 12.1. The summed E-state index contributed by atoms with van der Waals surface area (Å²) in [7, 11) is 1.90. The van der Waals surface area contributed by atoms with E-state index in [1.54, 1.807) is 10.8 Å². The predicted molar refractivity (Wildman–Crippen MR) is 72.4 cm³/mol. The van der Waals surface area contributed by atoms with E-state index in [-0.39, 0.29) is 5.56 Å². The van der Waals surface area contributed by atoms with Crippen LogP contribution in [0.3, 0.4) is 0 Å². The average molecular weight is 279 g/mol. The molecule has 1 fully saturated rings. The Bertz CT molecular complexity index is 657. The van der Waals surface area contributed by atoms with E-state index in [1.165, 1.54) is 6.07 Å². The van der Waals surface area contributed by atoms with Crippen molar-refractivity contribution in [3.8, 4) is 0 Å². The van der Waals surface area contributed by atoms with Crippen LogP contribution in [-0.4, -0.2) is 19.3 Å². The van der Waals surface area contributed by atoms with Crippen LogP contribution in [-0.2, 0) is 20.0 Å². The van der Waals surface area contributed by atoms with E-state index in [9.17, 15) is 4.79 Å². The minimum atomic E-state index is -0.0657. The van der Waals surface area contributed by atoms with Crippen LogP contribution in [0.5, 0.6) is 0 Å². The van der Waals surface area contributed by atoms with Crippen LogP contribution in [0.4, 0.5) is 0 Å². The second-order valence-corrected chi connectivity index (χ2v) is 5.28. The first-order chi connectivity index (χ1) is 9.15. The summed E-state index contributed by atoms with van der Waals surface area (Å²) in [5.74, 6) is 1.23. The topological polar surface area (TPSA) is 52.7 Å². The summed E-state index contributed by atoms with van der Waals surface area (Å²) < 4.78 is 3.57. The van der Waals surface area contributed by atoms with Gasteiger partial charge >= 0.3 is 0 Å². The van der Waals surface area contributed by atoms with Gasteiger partial charge in [0, 0.05) is 43.9 Å². The maximum absolute atomic E-state index is 12.1. The molecule has 0 amide bonds. The fourth-order valence-electron chi connectivity index (χ4n) is 2.25. The highest BCUT2D eigenvalue weighted by Gasteiger charge is 2.28. The molecule has 5 nitrogen and oxygen atoms in total. The number of halogens is 1. The van der Waals surface area contributed by atoms with E-state index in [0.717, 1.165) is 30.8 Å². The van der Waals surface area contributed by atoms with Crippen molar-refractivity contribution in [2.45, 2.75) is 31.7 Å². The second kappa shape index (κ2) is 4.81. The van der Waals surface area contributed by atoms with Gasteiger partial charge in [0.1, 0.15) is 11.0 Å². The van der Waals surface area contributed by atoms with E-state index in [0.29, 0.717) is 17.6 Å². The van der Waals surface area contributed by atoms with E-state index < -0.39 is 0 Å². The van der Waals surface area contributed by atoms with Gasteiger partial charge in [0.15, 0.2) is 0 Å². The zero-order chi connectivity index (χ0) is 13.4. The lowest BCUT2D eigenvalue weighted by molar-refractivity contribution is 0.584. The third-order valence-electron chi connectivity index (χ3n) is 3.46. The van der Waals surface area contributed by atoms with Crippen molar-refractivity contribution in [1.29, 1.82) is 0 Å². The first-order valence-corrected chi connectivity index (χ1v) is 6.77. The number of aryl methyl sites for hydroxylation is 2. The lowest BCUT2D eigenvalue weighted by atomic mass is 10.3. The molecule has 0 atom stereocenters. The Hall–Kier alpha value is -1.62. The molecule has 2 aromatic heterocycles. The highest BCUT2D eigenvalue weighted by atomic mass is 35.5. The molecule has 1 aliphatic carbocycles. The summed E-state index contributed by atoms with van der Waals surface area (Å²) in [6.07, 6.45) is 4.72. The standard InChI is InChI=1S/C13H15ClN4O/c1-17-10(4-6-15-17)5-7-18-12(19)8-11(14)16-13(18)9-2-3-9/h4,6,8-9H,2-3,5,7H2,1H3.